The predicted octanol–water partition coefficient (Wildman–Crippen LogP) is 2.13. The number of rotatable bonds is 6. The summed E-state index contributed by atoms with van der Waals surface area (Å²) in [7, 11) is 0. The number of benzene rings is 1. The second-order valence-electron chi connectivity index (χ2n) is 7.01. The number of nitrogens with zero attached hydrogens (tertiary/aromatic N) is 3. The lowest BCUT2D eigenvalue weighted by atomic mass is 10.1. The number of likely N-dealkylation sites (tertiary alicyclic amines) is 1. The van der Waals surface area contributed by atoms with Crippen LogP contribution in [0.2, 0.25) is 0 Å². The summed E-state index contributed by atoms with van der Waals surface area (Å²) in [4.78, 5) is 31.5. The summed E-state index contributed by atoms with van der Waals surface area (Å²) in [5.74, 6) is 0.486. The number of para-hydroxylation sites is 2. The van der Waals surface area contributed by atoms with Crippen molar-refractivity contribution in [3.05, 3.63) is 24.3 Å². The standard InChI is InChI=1S/C20H29N3O3/c1-4-21-12-8-9-16(21)13-22(5-2)19(24)14-23-17-10-6-7-11-18(17)26-15(3)20(23)25/h6-7,10-11,15-16H,4-5,8-9,12-14H2,1-3H3/t15-,16+/m1/s1. The molecule has 1 aromatic rings. The van der Waals surface area contributed by atoms with E-state index in [0.717, 1.165) is 26.1 Å². The van der Waals surface area contributed by atoms with E-state index >= 15 is 0 Å². The van der Waals surface area contributed by atoms with Gasteiger partial charge in [0.15, 0.2) is 6.10 Å². The van der Waals surface area contributed by atoms with Crippen LogP contribution in [0.25, 0.3) is 0 Å². The van der Waals surface area contributed by atoms with Crippen LogP contribution >= 0.6 is 0 Å². The molecule has 0 unspecified atom stereocenters. The third kappa shape index (κ3) is 3.70. The second-order valence-corrected chi connectivity index (χ2v) is 7.01. The van der Waals surface area contributed by atoms with Crippen molar-refractivity contribution in [1.29, 1.82) is 0 Å². The molecule has 26 heavy (non-hydrogen) atoms. The van der Waals surface area contributed by atoms with Crippen LogP contribution in [0.1, 0.15) is 33.6 Å². The SMILES string of the molecule is CCN(C[C@@H]1CCCN1CC)C(=O)CN1C(=O)[C@@H](C)Oc2ccccc21. The maximum Gasteiger partial charge on any atom is 0.268 e. The number of fused-ring (bicyclic) bond motifs is 1. The molecule has 142 valence electrons. The minimum Gasteiger partial charge on any atom is -0.479 e. The van der Waals surface area contributed by atoms with Crippen LogP contribution in [0.5, 0.6) is 5.75 Å². The molecule has 2 amide bonds. The molecule has 1 aromatic carbocycles. The minimum absolute atomic E-state index is 0.00675. The highest BCUT2D eigenvalue weighted by atomic mass is 16.5. The first-order valence-electron chi connectivity index (χ1n) is 9.64. The largest absolute Gasteiger partial charge is 0.479 e. The van der Waals surface area contributed by atoms with Crippen LogP contribution < -0.4 is 9.64 Å². The molecule has 1 fully saturated rings. The number of amides is 2. The number of ether oxygens (including phenoxy) is 1. The van der Waals surface area contributed by atoms with Gasteiger partial charge in [-0.05, 0) is 51.9 Å². The van der Waals surface area contributed by atoms with Crippen molar-refractivity contribution in [1.82, 2.24) is 9.80 Å². The Hall–Kier alpha value is -2.08. The molecule has 2 heterocycles. The quantitative estimate of drug-likeness (QED) is 0.781. The molecule has 0 spiro atoms. The van der Waals surface area contributed by atoms with E-state index in [9.17, 15) is 9.59 Å². The van der Waals surface area contributed by atoms with Gasteiger partial charge in [-0.3, -0.25) is 19.4 Å². The van der Waals surface area contributed by atoms with Crippen molar-refractivity contribution in [2.45, 2.75) is 45.8 Å². The van der Waals surface area contributed by atoms with Gasteiger partial charge in [-0.1, -0.05) is 19.1 Å². The Bertz CT molecular complexity index is 663. The van der Waals surface area contributed by atoms with E-state index in [-0.39, 0.29) is 18.4 Å². The van der Waals surface area contributed by atoms with Crippen molar-refractivity contribution >= 4 is 17.5 Å². The van der Waals surface area contributed by atoms with Crippen LogP contribution in [0.4, 0.5) is 5.69 Å². The Kier molecular flexibility index (Phi) is 5.81. The van der Waals surface area contributed by atoms with E-state index in [2.05, 4.69) is 11.8 Å². The van der Waals surface area contributed by atoms with Gasteiger partial charge in [-0.25, -0.2) is 0 Å². The molecule has 6 heteroatoms. The van der Waals surface area contributed by atoms with Gasteiger partial charge in [0.05, 0.1) is 5.69 Å². The summed E-state index contributed by atoms with van der Waals surface area (Å²) in [6, 6.07) is 7.83. The van der Waals surface area contributed by atoms with Crippen LogP contribution in [0.3, 0.4) is 0 Å². The smallest absolute Gasteiger partial charge is 0.268 e. The van der Waals surface area contributed by atoms with Gasteiger partial charge in [0.25, 0.3) is 5.91 Å². The van der Waals surface area contributed by atoms with Crippen LogP contribution in [-0.2, 0) is 9.59 Å². The summed E-state index contributed by atoms with van der Waals surface area (Å²) in [6.07, 6.45) is 1.75. The minimum atomic E-state index is -0.571. The summed E-state index contributed by atoms with van der Waals surface area (Å²) < 4.78 is 5.66. The third-order valence-corrected chi connectivity index (χ3v) is 5.44. The van der Waals surface area contributed by atoms with Crippen molar-refractivity contribution in [3.63, 3.8) is 0 Å². The molecular formula is C20H29N3O3. The fourth-order valence-electron chi connectivity index (χ4n) is 3.94. The zero-order valence-corrected chi connectivity index (χ0v) is 16.0. The lowest BCUT2D eigenvalue weighted by Gasteiger charge is -2.35. The topological polar surface area (TPSA) is 53.1 Å². The first-order chi connectivity index (χ1) is 12.5. The fraction of sp³-hybridized carbons (Fsp3) is 0.600. The van der Waals surface area contributed by atoms with Gasteiger partial charge in [-0.2, -0.15) is 0 Å². The molecule has 0 saturated carbocycles. The van der Waals surface area contributed by atoms with Gasteiger partial charge < -0.3 is 9.64 Å². The summed E-state index contributed by atoms with van der Waals surface area (Å²) in [6.45, 7) is 9.48. The van der Waals surface area contributed by atoms with E-state index in [1.807, 2.05) is 36.1 Å². The molecule has 0 aliphatic carbocycles. The molecule has 1 saturated heterocycles. The molecule has 6 nitrogen and oxygen atoms in total. The van der Waals surface area contributed by atoms with Gasteiger partial charge >= 0.3 is 0 Å². The maximum atomic E-state index is 13.0. The lowest BCUT2D eigenvalue weighted by Crippen LogP contribution is -2.51. The number of hydrogen-bond acceptors (Lipinski definition) is 4. The normalized spacial score (nSPS) is 22.9. The zero-order chi connectivity index (χ0) is 18.7. The van der Waals surface area contributed by atoms with E-state index in [0.29, 0.717) is 24.0 Å². The molecule has 0 bridgehead atoms. The average molecular weight is 359 g/mol. The molecular weight excluding hydrogens is 330 g/mol. The Labute approximate surface area is 155 Å². The van der Waals surface area contributed by atoms with E-state index < -0.39 is 6.10 Å². The van der Waals surface area contributed by atoms with E-state index in [1.54, 1.807) is 11.8 Å². The van der Waals surface area contributed by atoms with Crippen molar-refractivity contribution in [2.75, 3.05) is 37.6 Å². The number of hydrogen-bond donors (Lipinski definition) is 0. The predicted molar refractivity (Wildman–Crippen MR) is 101 cm³/mol. The fourth-order valence-corrected chi connectivity index (χ4v) is 3.94. The first kappa shape index (κ1) is 18.7. The van der Waals surface area contributed by atoms with Gasteiger partial charge in [-0.15, -0.1) is 0 Å². The summed E-state index contributed by atoms with van der Waals surface area (Å²) in [5, 5.41) is 0. The lowest BCUT2D eigenvalue weighted by molar-refractivity contribution is -0.133. The second kappa shape index (κ2) is 8.08. The van der Waals surface area contributed by atoms with E-state index in [4.69, 9.17) is 4.74 Å². The molecule has 2 aliphatic heterocycles. The summed E-state index contributed by atoms with van der Waals surface area (Å²) in [5.41, 5.74) is 0.677. The number of carbonyl (C=O) groups is 2. The Morgan fingerprint density at radius 3 is 2.81 bits per heavy atom. The Morgan fingerprint density at radius 2 is 2.08 bits per heavy atom. The molecule has 0 aromatic heterocycles. The maximum absolute atomic E-state index is 13.0. The van der Waals surface area contributed by atoms with E-state index in [1.165, 1.54) is 6.42 Å². The third-order valence-electron chi connectivity index (χ3n) is 5.44. The Balaban J connectivity index is 1.72. The van der Waals surface area contributed by atoms with Gasteiger partial charge in [0.1, 0.15) is 12.3 Å². The zero-order valence-electron chi connectivity index (χ0n) is 16.0. The van der Waals surface area contributed by atoms with Crippen molar-refractivity contribution in [3.8, 4) is 5.75 Å². The van der Waals surface area contributed by atoms with Crippen molar-refractivity contribution in [2.24, 2.45) is 0 Å². The Morgan fingerprint density at radius 1 is 1.31 bits per heavy atom. The number of likely N-dealkylation sites (N-methyl/N-ethyl adjacent to an activating group) is 2. The van der Waals surface area contributed by atoms with Gasteiger partial charge in [0, 0.05) is 19.1 Å². The molecule has 3 rings (SSSR count). The summed E-state index contributed by atoms with van der Waals surface area (Å²) >= 11 is 0. The molecule has 2 atom stereocenters. The highest BCUT2D eigenvalue weighted by Gasteiger charge is 2.34. The molecule has 2 aliphatic rings. The van der Waals surface area contributed by atoms with Gasteiger partial charge in [0.2, 0.25) is 5.91 Å². The molecule has 0 N–H and O–H groups in total. The number of carbonyl (C=O) groups excluding carboxylic acids is 2. The van der Waals surface area contributed by atoms with Crippen LogP contribution in [0.15, 0.2) is 24.3 Å². The number of anilines is 1. The van der Waals surface area contributed by atoms with Crippen molar-refractivity contribution < 1.29 is 14.3 Å². The highest BCUT2D eigenvalue weighted by Crippen LogP contribution is 2.33. The first-order valence-corrected chi connectivity index (χ1v) is 9.64. The molecule has 0 radical (unpaired) electrons. The monoisotopic (exact) mass is 359 g/mol. The van der Waals surface area contributed by atoms with Crippen LogP contribution in [0, 0.1) is 0 Å². The average Bonchev–Trinajstić information content (AvgIpc) is 3.10. The van der Waals surface area contributed by atoms with Crippen LogP contribution in [-0.4, -0.2) is 66.5 Å². The highest BCUT2D eigenvalue weighted by molar-refractivity contribution is 6.03.